The lowest BCUT2D eigenvalue weighted by molar-refractivity contribution is 1.20. The lowest BCUT2D eigenvalue weighted by atomic mass is 10.0. The van der Waals surface area contributed by atoms with E-state index in [9.17, 15) is 0 Å². The van der Waals surface area contributed by atoms with E-state index in [0.717, 1.165) is 29.9 Å². The quantitative estimate of drug-likeness (QED) is 0.386. The smallest absolute Gasteiger partial charge is 0.0398 e. The fourth-order valence-electron chi connectivity index (χ4n) is 2.95. The largest absolute Gasteiger partial charge is 0.362 e. The molecular formula is C24H24N2. The number of allylic oxidation sites excluding steroid dienone is 2. The Labute approximate surface area is 155 Å². The van der Waals surface area contributed by atoms with Crippen LogP contribution in [0, 0.1) is 0 Å². The molecule has 1 aromatic heterocycles. The Morgan fingerprint density at radius 2 is 1.69 bits per heavy atom. The Morgan fingerprint density at radius 3 is 2.35 bits per heavy atom. The van der Waals surface area contributed by atoms with Gasteiger partial charge in [-0.1, -0.05) is 60.7 Å². The van der Waals surface area contributed by atoms with Crippen LogP contribution >= 0.6 is 0 Å². The second kappa shape index (κ2) is 8.82. The Kier molecular flexibility index (Phi) is 6.00. The molecule has 2 nitrogen and oxygen atoms in total. The fraction of sp³-hybridized carbons (Fsp3) is 0.125. The molecule has 0 amide bonds. The van der Waals surface area contributed by atoms with E-state index in [0.29, 0.717) is 0 Å². The summed E-state index contributed by atoms with van der Waals surface area (Å²) in [5.41, 5.74) is 6.91. The first-order chi connectivity index (χ1) is 12.7. The zero-order valence-corrected chi connectivity index (χ0v) is 15.2. The van der Waals surface area contributed by atoms with Crippen molar-refractivity contribution in [1.82, 2.24) is 4.98 Å². The van der Waals surface area contributed by atoms with Crippen molar-refractivity contribution in [3.63, 3.8) is 0 Å². The number of rotatable bonds is 7. The summed E-state index contributed by atoms with van der Waals surface area (Å²) in [7, 11) is 0. The van der Waals surface area contributed by atoms with Gasteiger partial charge in [-0.25, -0.2) is 0 Å². The molecule has 0 atom stereocenters. The minimum Gasteiger partial charge on any atom is -0.362 e. The molecule has 0 bridgehead atoms. The van der Waals surface area contributed by atoms with Crippen molar-refractivity contribution >= 4 is 11.8 Å². The highest BCUT2D eigenvalue weighted by Crippen LogP contribution is 2.20. The van der Waals surface area contributed by atoms with Crippen molar-refractivity contribution < 1.29 is 0 Å². The highest BCUT2D eigenvalue weighted by molar-refractivity contribution is 5.89. The average molecular weight is 340 g/mol. The van der Waals surface area contributed by atoms with E-state index in [2.05, 4.69) is 66.2 Å². The maximum absolute atomic E-state index is 4.80. The third-order valence-electron chi connectivity index (χ3n) is 4.17. The molecular weight excluding hydrogens is 316 g/mol. The van der Waals surface area contributed by atoms with Crippen LogP contribution in [0.1, 0.15) is 24.6 Å². The lowest BCUT2D eigenvalue weighted by Gasteiger charge is -2.07. The number of H-pyrrole nitrogens is 1. The van der Waals surface area contributed by atoms with Crippen LogP contribution in [0.25, 0.3) is 17.2 Å². The predicted octanol–water partition coefficient (Wildman–Crippen LogP) is 6.30. The van der Waals surface area contributed by atoms with E-state index >= 15 is 0 Å². The summed E-state index contributed by atoms with van der Waals surface area (Å²) in [5, 5.41) is 0. The highest BCUT2D eigenvalue weighted by atomic mass is 14.8. The number of hydrogen-bond donors (Lipinski definition) is 1. The van der Waals surface area contributed by atoms with Gasteiger partial charge in [-0.2, -0.15) is 0 Å². The van der Waals surface area contributed by atoms with E-state index in [1.165, 1.54) is 16.7 Å². The molecule has 130 valence electrons. The summed E-state index contributed by atoms with van der Waals surface area (Å²) in [6.07, 6.45) is 7.51. The molecule has 26 heavy (non-hydrogen) atoms. The van der Waals surface area contributed by atoms with Crippen molar-refractivity contribution in [2.24, 2.45) is 4.99 Å². The number of aromatic nitrogens is 1. The van der Waals surface area contributed by atoms with Gasteiger partial charge in [0, 0.05) is 36.1 Å². The maximum Gasteiger partial charge on any atom is 0.0398 e. The summed E-state index contributed by atoms with van der Waals surface area (Å²) in [5.74, 6) is 0. The monoisotopic (exact) mass is 340 g/mol. The molecule has 3 aromatic rings. The molecule has 0 saturated carbocycles. The van der Waals surface area contributed by atoms with Crippen LogP contribution < -0.4 is 0 Å². The van der Waals surface area contributed by atoms with Gasteiger partial charge < -0.3 is 4.98 Å². The Morgan fingerprint density at radius 1 is 0.962 bits per heavy atom. The summed E-state index contributed by atoms with van der Waals surface area (Å²) in [4.78, 5) is 7.98. The molecule has 2 heteroatoms. The first-order valence-electron chi connectivity index (χ1n) is 8.88. The molecule has 0 fully saturated rings. The maximum atomic E-state index is 4.80. The van der Waals surface area contributed by atoms with Crippen molar-refractivity contribution in [3.05, 3.63) is 103 Å². The number of aromatic amines is 1. The predicted molar refractivity (Wildman–Crippen MR) is 112 cm³/mol. The highest BCUT2D eigenvalue weighted by Gasteiger charge is 2.03. The van der Waals surface area contributed by atoms with Crippen LogP contribution in [0.5, 0.6) is 0 Å². The number of aliphatic imine (C=N–C) groups is 1. The second-order valence-electron chi connectivity index (χ2n) is 6.32. The minimum atomic E-state index is 0.788. The molecule has 1 N–H and O–H groups in total. The zero-order chi connectivity index (χ0) is 18.2. The summed E-state index contributed by atoms with van der Waals surface area (Å²) < 4.78 is 0. The van der Waals surface area contributed by atoms with Crippen LogP contribution in [-0.2, 0) is 6.42 Å². The van der Waals surface area contributed by atoms with E-state index in [1.807, 2.05) is 37.4 Å². The van der Waals surface area contributed by atoms with Gasteiger partial charge in [0.05, 0.1) is 0 Å². The van der Waals surface area contributed by atoms with Crippen molar-refractivity contribution in [2.45, 2.75) is 19.8 Å². The van der Waals surface area contributed by atoms with E-state index in [1.54, 1.807) is 0 Å². The normalized spacial score (nSPS) is 12.2. The number of nitrogens with zero attached hydrogens (tertiary/aromatic N) is 1. The summed E-state index contributed by atoms with van der Waals surface area (Å²) >= 11 is 0. The fourth-order valence-corrected chi connectivity index (χ4v) is 2.95. The minimum absolute atomic E-state index is 0.788. The topological polar surface area (TPSA) is 28.1 Å². The summed E-state index contributed by atoms with van der Waals surface area (Å²) in [6, 6.07) is 23.2. The Hall–Kier alpha value is -3.13. The van der Waals surface area contributed by atoms with E-state index < -0.39 is 0 Å². The van der Waals surface area contributed by atoms with Gasteiger partial charge in [0.15, 0.2) is 0 Å². The van der Waals surface area contributed by atoms with Crippen LogP contribution in [0.15, 0.2) is 96.3 Å². The van der Waals surface area contributed by atoms with Crippen molar-refractivity contribution in [1.29, 1.82) is 0 Å². The molecule has 0 aliphatic carbocycles. The van der Waals surface area contributed by atoms with Gasteiger partial charge >= 0.3 is 0 Å². The lowest BCUT2D eigenvalue weighted by Crippen LogP contribution is -2.02. The standard InChI is InChI=1S/C24H24N2/c1-3-8-24(26-19(2)17-23-11-7-16-25-23)18-20-12-14-22(15-13-20)21-9-5-4-6-10-21/h3-7,9-17,25H,1,8,18H2,2H3/b19-17+,26-24?. The molecule has 0 unspecified atom stereocenters. The average Bonchev–Trinajstić information content (AvgIpc) is 3.16. The zero-order valence-electron chi connectivity index (χ0n) is 15.2. The van der Waals surface area contributed by atoms with E-state index in [-0.39, 0.29) is 0 Å². The second-order valence-corrected chi connectivity index (χ2v) is 6.32. The third-order valence-corrected chi connectivity index (χ3v) is 4.17. The third kappa shape index (κ3) is 4.93. The molecule has 0 aliphatic heterocycles. The van der Waals surface area contributed by atoms with Crippen LogP contribution in [0.2, 0.25) is 0 Å². The number of hydrogen-bond acceptors (Lipinski definition) is 1. The summed E-state index contributed by atoms with van der Waals surface area (Å²) in [6.45, 7) is 5.90. The molecule has 0 spiro atoms. The van der Waals surface area contributed by atoms with Gasteiger partial charge in [0.25, 0.3) is 0 Å². The SMILES string of the molecule is C=CCC(Cc1ccc(-c2ccccc2)cc1)=N/C(C)=C/c1ccc[nH]1. The van der Waals surface area contributed by atoms with Gasteiger partial charge in [-0.05, 0) is 41.8 Å². The molecule has 0 radical (unpaired) electrons. The van der Waals surface area contributed by atoms with Gasteiger partial charge in [-0.15, -0.1) is 6.58 Å². The van der Waals surface area contributed by atoms with Crippen LogP contribution in [0.3, 0.4) is 0 Å². The van der Waals surface area contributed by atoms with Crippen molar-refractivity contribution in [3.8, 4) is 11.1 Å². The Bertz CT molecular complexity index is 883. The van der Waals surface area contributed by atoms with E-state index in [4.69, 9.17) is 4.99 Å². The van der Waals surface area contributed by atoms with Crippen LogP contribution in [-0.4, -0.2) is 10.7 Å². The van der Waals surface area contributed by atoms with Crippen LogP contribution in [0.4, 0.5) is 0 Å². The molecule has 1 heterocycles. The first-order valence-corrected chi connectivity index (χ1v) is 8.88. The molecule has 0 aliphatic rings. The molecule has 0 saturated heterocycles. The van der Waals surface area contributed by atoms with Gasteiger partial charge in [-0.3, -0.25) is 4.99 Å². The van der Waals surface area contributed by atoms with Gasteiger partial charge in [0.2, 0.25) is 0 Å². The number of nitrogens with one attached hydrogen (secondary N) is 1. The number of benzene rings is 2. The van der Waals surface area contributed by atoms with Crippen molar-refractivity contribution in [2.75, 3.05) is 0 Å². The van der Waals surface area contributed by atoms with Gasteiger partial charge in [0.1, 0.15) is 0 Å². The molecule has 3 rings (SSSR count). The first kappa shape index (κ1) is 17.7. The molecule has 2 aromatic carbocycles. The Balaban J connectivity index is 1.75.